The number of nitrogens with zero attached hydrogens (tertiary/aromatic N) is 1. The fourth-order valence-corrected chi connectivity index (χ4v) is 3.81. The maximum absolute atomic E-state index is 12.6. The second-order valence-corrected chi connectivity index (χ2v) is 7.35. The minimum Gasteiger partial charge on any atom is -0.493 e. The lowest BCUT2D eigenvalue weighted by molar-refractivity contribution is -0.120. The molecule has 28 heavy (non-hydrogen) atoms. The van der Waals surface area contributed by atoms with Gasteiger partial charge in [-0.1, -0.05) is 29.8 Å². The van der Waals surface area contributed by atoms with Gasteiger partial charge in [0.2, 0.25) is 5.91 Å². The normalized spacial score (nSPS) is 18.8. The van der Waals surface area contributed by atoms with Crippen molar-refractivity contribution in [2.45, 2.75) is 12.5 Å². The highest BCUT2D eigenvalue weighted by Gasteiger charge is 2.23. The molecule has 2 aliphatic rings. The molecular formula is C21H24ClN3O3. The van der Waals surface area contributed by atoms with Crippen molar-refractivity contribution in [2.24, 2.45) is 0 Å². The average molecular weight is 402 g/mol. The quantitative estimate of drug-likeness (QED) is 0.805. The number of hydrogen-bond donors (Lipinski definition) is 2. The van der Waals surface area contributed by atoms with Gasteiger partial charge in [0.25, 0.3) is 0 Å². The molecule has 2 heterocycles. The lowest BCUT2D eigenvalue weighted by atomic mass is 10.0. The number of carbonyl (C=O) groups is 1. The van der Waals surface area contributed by atoms with E-state index in [9.17, 15) is 4.79 Å². The third kappa shape index (κ3) is 4.34. The van der Waals surface area contributed by atoms with Crippen LogP contribution in [-0.4, -0.2) is 45.4 Å². The first-order valence-electron chi connectivity index (χ1n) is 9.58. The van der Waals surface area contributed by atoms with Gasteiger partial charge >= 0.3 is 0 Å². The maximum Gasteiger partial charge on any atom is 0.239 e. The van der Waals surface area contributed by atoms with Crippen LogP contribution >= 0.6 is 11.6 Å². The zero-order valence-electron chi connectivity index (χ0n) is 15.6. The van der Waals surface area contributed by atoms with E-state index in [0.717, 1.165) is 42.2 Å². The van der Waals surface area contributed by atoms with Gasteiger partial charge in [0.05, 0.1) is 43.8 Å². The Labute approximate surface area is 169 Å². The van der Waals surface area contributed by atoms with Gasteiger partial charge in [-0.2, -0.15) is 0 Å². The molecule has 1 fully saturated rings. The molecule has 1 unspecified atom stereocenters. The van der Waals surface area contributed by atoms with Crippen LogP contribution in [0.2, 0.25) is 5.02 Å². The minimum absolute atomic E-state index is 0.0303. The topological polar surface area (TPSA) is 62.8 Å². The molecular weight excluding hydrogens is 378 g/mol. The summed E-state index contributed by atoms with van der Waals surface area (Å²) in [5.41, 5.74) is 2.92. The van der Waals surface area contributed by atoms with E-state index in [1.165, 1.54) is 0 Å². The van der Waals surface area contributed by atoms with Crippen LogP contribution in [0.5, 0.6) is 5.75 Å². The molecule has 6 nitrogen and oxygen atoms in total. The van der Waals surface area contributed by atoms with E-state index in [0.29, 0.717) is 24.8 Å². The van der Waals surface area contributed by atoms with Crippen LogP contribution in [-0.2, 0) is 9.53 Å². The molecule has 0 radical (unpaired) electrons. The Morgan fingerprint density at radius 2 is 1.96 bits per heavy atom. The van der Waals surface area contributed by atoms with Gasteiger partial charge in [0.15, 0.2) is 0 Å². The fraction of sp³-hybridized carbons (Fsp3) is 0.381. The van der Waals surface area contributed by atoms with E-state index in [-0.39, 0.29) is 18.5 Å². The first-order valence-corrected chi connectivity index (χ1v) is 9.96. The number of nitrogens with one attached hydrogen (secondary N) is 2. The van der Waals surface area contributed by atoms with E-state index >= 15 is 0 Å². The van der Waals surface area contributed by atoms with E-state index in [1.807, 2.05) is 42.5 Å². The molecule has 7 heteroatoms. The molecule has 1 amide bonds. The van der Waals surface area contributed by atoms with E-state index in [1.54, 1.807) is 0 Å². The Kier molecular flexibility index (Phi) is 5.88. The molecule has 2 aromatic rings. The molecule has 0 aliphatic carbocycles. The number of morpholine rings is 1. The molecule has 1 atom stereocenters. The number of halogens is 1. The van der Waals surface area contributed by atoms with Crippen molar-refractivity contribution in [1.82, 2.24) is 5.32 Å². The van der Waals surface area contributed by atoms with Crippen molar-refractivity contribution in [3.8, 4) is 5.75 Å². The summed E-state index contributed by atoms with van der Waals surface area (Å²) in [6.45, 7) is 3.82. The van der Waals surface area contributed by atoms with Crippen LogP contribution in [0.25, 0.3) is 0 Å². The zero-order valence-corrected chi connectivity index (χ0v) is 16.4. The van der Waals surface area contributed by atoms with Crippen LogP contribution in [0, 0.1) is 0 Å². The highest BCUT2D eigenvalue weighted by atomic mass is 35.5. The summed E-state index contributed by atoms with van der Waals surface area (Å²) >= 11 is 6.19. The number of fused-ring (bicyclic) bond motifs is 1. The first kappa shape index (κ1) is 18.9. The van der Waals surface area contributed by atoms with Crippen molar-refractivity contribution in [3.05, 3.63) is 53.1 Å². The SMILES string of the molecule is O=C(CNc1cc(Cl)ccc1N1CCOCC1)NC1CCOc2ccccc21. The highest BCUT2D eigenvalue weighted by Crippen LogP contribution is 2.32. The summed E-state index contributed by atoms with van der Waals surface area (Å²) in [5.74, 6) is 0.783. The van der Waals surface area contributed by atoms with Gasteiger partial charge < -0.3 is 25.0 Å². The first-order chi connectivity index (χ1) is 13.7. The molecule has 0 spiro atoms. The molecule has 2 N–H and O–H groups in total. The third-order valence-electron chi connectivity index (χ3n) is 5.04. The van der Waals surface area contributed by atoms with E-state index in [4.69, 9.17) is 21.1 Å². The van der Waals surface area contributed by atoms with Gasteiger partial charge in [0, 0.05) is 30.1 Å². The summed E-state index contributed by atoms with van der Waals surface area (Å²) < 4.78 is 11.1. The zero-order chi connectivity index (χ0) is 19.3. The molecule has 148 valence electrons. The van der Waals surface area contributed by atoms with Gasteiger partial charge in [0.1, 0.15) is 5.75 Å². The summed E-state index contributed by atoms with van der Waals surface area (Å²) in [5, 5.41) is 7.00. The molecule has 0 saturated carbocycles. The maximum atomic E-state index is 12.6. The third-order valence-corrected chi connectivity index (χ3v) is 5.28. The van der Waals surface area contributed by atoms with Crippen LogP contribution < -0.4 is 20.3 Å². The number of hydrogen-bond acceptors (Lipinski definition) is 5. The van der Waals surface area contributed by atoms with Gasteiger partial charge in [-0.25, -0.2) is 0 Å². The van der Waals surface area contributed by atoms with Crippen LogP contribution in [0.15, 0.2) is 42.5 Å². The van der Waals surface area contributed by atoms with Crippen LogP contribution in [0.1, 0.15) is 18.0 Å². The number of benzene rings is 2. The van der Waals surface area contributed by atoms with Gasteiger partial charge in [-0.3, -0.25) is 4.79 Å². The Morgan fingerprint density at radius 3 is 2.82 bits per heavy atom. The molecule has 0 aromatic heterocycles. The summed E-state index contributed by atoms with van der Waals surface area (Å²) in [7, 11) is 0. The number of ether oxygens (including phenoxy) is 2. The average Bonchev–Trinajstić information content (AvgIpc) is 2.73. The Balaban J connectivity index is 1.41. The smallest absolute Gasteiger partial charge is 0.239 e. The van der Waals surface area contributed by atoms with Crippen molar-refractivity contribution in [1.29, 1.82) is 0 Å². The molecule has 1 saturated heterocycles. The lowest BCUT2D eigenvalue weighted by Gasteiger charge is -2.31. The molecule has 2 aromatic carbocycles. The molecule has 4 rings (SSSR count). The Bertz CT molecular complexity index is 839. The van der Waals surface area contributed by atoms with Gasteiger partial charge in [-0.15, -0.1) is 0 Å². The molecule has 2 aliphatic heterocycles. The predicted octanol–water partition coefficient (Wildman–Crippen LogP) is 3.23. The highest BCUT2D eigenvalue weighted by molar-refractivity contribution is 6.31. The number of para-hydroxylation sites is 1. The summed E-state index contributed by atoms with van der Waals surface area (Å²) in [6, 6.07) is 13.5. The van der Waals surface area contributed by atoms with Gasteiger partial charge in [-0.05, 0) is 24.3 Å². The summed E-state index contributed by atoms with van der Waals surface area (Å²) in [6.07, 6.45) is 0.763. The molecule has 0 bridgehead atoms. The number of amides is 1. The van der Waals surface area contributed by atoms with Crippen molar-refractivity contribution in [3.63, 3.8) is 0 Å². The Hall–Kier alpha value is -2.44. The minimum atomic E-state index is -0.0605. The lowest BCUT2D eigenvalue weighted by Crippen LogP contribution is -2.37. The second kappa shape index (κ2) is 8.71. The van der Waals surface area contributed by atoms with Crippen LogP contribution in [0.4, 0.5) is 11.4 Å². The van der Waals surface area contributed by atoms with Crippen molar-refractivity contribution in [2.75, 3.05) is 49.7 Å². The standard InChI is InChI=1S/C21H24ClN3O3/c22-15-5-6-19(25-8-11-27-12-9-25)18(13-15)23-14-21(26)24-17-7-10-28-20-4-2-1-3-16(17)20/h1-6,13,17,23H,7-12,14H2,(H,24,26). The number of anilines is 2. The summed E-state index contributed by atoms with van der Waals surface area (Å²) in [4.78, 5) is 14.8. The van der Waals surface area contributed by atoms with Crippen LogP contribution in [0.3, 0.4) is 0 Å². The van der Waals surface area contributed by atoms with Crippen molar-refractivity contribution >= 4 is 28.9 Å². The van der Waals surface area contributed by atoms with E-state index in [2.05, 4.69) is 15.5 Å². The monoisotopic (exact) mass is 401 g/mol. The second-order valence-electron chi connectivity index (χ2n) is 6.91. The largest absolute Gasteiger partial charge is 0.493 e. The van der Waals surface area contributed by atoms with Crippen molar-refractivity contribution < 1.29 is 14.3 Å². The predicted molar refractivity (Wildman–Crippen MR) is 110 cm³/mol. The Morgan fingerprint density at radius 1 is 1.14 bits per heavy atom. The number of carbonyl (C=O) groups excluding carboxylic acids is 1. The number of rotatable bonds is 5. The van der Waals surface area contributed by atoms with E-state index < -0.39 is 0 Å². The fourth-order valence-electron chi connectivity index (χ4n) is 3.64.